The Balaban J connectivity index is 1.28. The number of halogens is 1. The quantitative estimate of drug-likeness (QED) is 0.286. The number of fused-ring (bicyclic) bond motifs is 2. The smallest absolute Gasteiger partial charge is 0.239 e. The number of amides is 1. The number of ether oxygens (including phenoxy) is 3. The molecular weight excluding hydrogens is 531 g/mol. The number of aliphatic hydroxyl groups is 3. The molecule has 2 saturated heterocycles. The first kappa shape index (κ1) is 28.3. The van der Waals surface area contributed by atoms with Crippen molar-refractivity contribution in [3.05, 3.63) is 41.2 Å². The Morgan fingerprint density at radius 3 is 2.77 bits per heavy atom. The maximum Gasteiger partial charge on any atom is 0.239 e. The van der Waals surface area contributed by atoms with Gasteiger partial charge in [0.05, 0.1) is 42.5 Å². The van der Waals surface area contributed by atoms with Gasteiger partial charge >= 0.3 is 0 Å². The van der Waals surface area contributed by atoms with E-state index < -0.39 is 60.4 Å². The summed E-state index contributed by atoms with van der Waals surface area (Å²) in [6.07, 6.45) is -4.63. The van der Waals surface area contributed by atoms with Crippen molar-refractivity contribution in [2.75, 3.05) is 12.4 Å². The van der Waals surface area contributed by atoms with E-state index in [1.165, 1.54) is 23.5 Å². The standard InChI is InChI=1S/C26H35FN4O7S/c1-4-16-20(33)19(28-3)22-23(21(16)34)37-24-26(35,38-22)17(8-12(2)36-24)31-18(32)10-15-11-39-25(30-15)29-14-7-5-6-13(27)9-14/h5-7,9,11-12,16-17,19-24,28,33-35H,4,8,10H2,1-3H3,(H,29,30)(H,31,32)/t12-,16-,17-,19+,20+,21+,22?,23?,24?,26+/m1/s1. The number of aliphatic hydroxyl groups excluding tert-OH is 2. The Hall–Kier alpha value is -2.23. The summed E-state index contributed by atoms with van der Waals surface area (Å²) < 4.78 is 31.6. The van der Waals surface area contributed by atoms with Crippen LogP contribution in [0.15, 0.2) is 29.6 Å². The second-order valence-corrected chi connectivity index (χ2v) is 11.3. The first-order chi connectivity index (χ1) is 18.6. The van der Waals surface area contributed by atoms with Crippen molar-refractivity contribution in [2.45, 2.75) is 87.8 Å². The maximum absolute atomic E-state index is 13.5. The molecule has 3 unspecified atom stereocenters. The SMILES string of the molecule is CC[C@@H]1[C@H](O)[C@H](NC)C2O[C@]3(O)C(OC2[C@H]1O)O[C@H](C)C[C@H]3NC(=O)Cc1csc(Nc2cccc(F)c2)n1. The van der Waals surface area contributed by atoms with E-state index in [4.69, 9.17) is 14.2 Å². The van der Waals surface area contributed by atoms with Crippen molar-refractivity contribution in [3.63, 3.8) is 0 Å². The van der Waals surface area contributed by atoms with Crippen molar-refractivity contribution < 1.29 is 38.7 Å². The summed E-state index contributed by atoms with van der Waals surface area (Å²) in [5, 5.41) is 44.6. The maximum atomic E-state index is 13.5. The summed E-state index contributed by atoms with van der Waals surface area (Å²) >= 11 is 1.28. The van der Waals surface area contributed by atoms with Crippen LogP contribution in [0.25, 0.3) is 0 Å². The molecule has 1 amide bonds. The van der Waals surface area contributed by atoms with Crippen LogP contribution in [-0.4, -0.2) is 87.9 Å². The van der Waals surface area contributed by atoms with Crippen LogP contribution >= 0.6 is 11.3 Å². The zero-order valence-electron chi connectivity index (χ0n) is 21.9. The van der Waals surface area contributed by atoms with E-state index in [2.05, 4.69) is 20.9 Å². The molecule has 5 rings (SSSR count). The summed E-state index contributed by atoms with van der Waals surface area (Å²) in [7, 11) is 1.67. The summed E-state index contributed by atoms with van der Waals surface area (Å²) in [6, 6.07) is 4.48. The first-order valence-corrected chi connectivity index (χ1v) is 14.0. The normalized spacial score (nSPS) is 38.0. The molecule has 1 aliphatic carbocycles. The van der Waals surface area contributed by atoms with E-state index in [1.54, 1.807) is 31.5 Å². The van der Waals surface area contributed by atoms with E-state index in [0.29, 0.717) is 22.9 Å². The van der Waals surface area contributed by atoms with Gasteiger partial charge in [0.15, 0.2) is 5.13 Å². The number of benzene rings is 1. The number of anilines is 2. The van der Waals surface area contributed by atoms with Gasteiger partial charge in [-0.25, -0.2) is 9.37 Å². The highest BCUT2D eigenvalue weighted by molar-refractivity contribution is 7.13. The molecule has 3 fully saturated rings. The molecule has 0 spiro atoms. The van der Waals surface area contributed by atoms with E-state index in [9.17, 15) is 24.5 Å². The van der Waals surface area contributed by atoms with Gasteiger partial charge in [0.1, 0.15) is 18.0 Å². The van der Waals surface area contributed by atoms with Crippen LogP contribution < -0.4 is 16.0 Å². The molecule has 10 atom stereocenters. The molecular formula is C26H35FN4O7S. The van der Waals surface area contributed by atoms with Crippen LogP contribution in [0.2, 0.25) is 0 Å². The fraction of sp³-hybridized carbons (Fsp3) is 0.615. The topological polar surface area (TPSA) is 154 Å². The molecule has 3 aliphatic rings. The average Bonchev–Trinajstić information content (AvgIpc) is 3.31. The zero-order valence-corrected chi connectivity index (χ0v) is 22.7. The fourth-order valence-electron chi connectivity index (χ4n) is 5.79. The summed E-state index contributed by atoms with van der Waals surface area (Å²) in [5.74, 6) is -3.27. The average molecular weight is 567 g/mol. The number of rotatable bonds is 7. The van der Waals surface area contributed by atoms with E-state index in [-0.39, 0.29) is 24.8 Å². The van der Waals surface area contributed by atoms with Crippen LogP contribution in [0, 0.1) is 11.7 Å². The van der Waals surface area contributed by atoms with Crippen LogP contribution in [-0.2, 0) is 25.4 Å². The van der Waals surface area contributed by atoms with Gasteiger partial charge < -0.3 is 45.5 Å². The Bertz CT molecular complexity index is 1170. The molecule has 2 aliphatic heterocycles. The Morgan fingerprint density at radius 1 is 1.26 bits per heavy atom. The molecule has 3 heterocycles. The molecule has 2 aromatic rings. The Kier molecular flexibility index (Phi) is 8.23. The van der Waals surface area contributed by atoms with E-state index >= 15 is 0 Å². The molecule has 0 radical (unpaired) electrons. The van der Waals surface area contributed by atoms with Crippen molar-refractivity contribution in [2.24, 2.45) is 5.92 Å². The molecule has 39 heavy (non-hydrogen) atoms. The van der Waals surface area contributed by atoms with E-state index in [0.717, 1.165) is 0 Å². The third kappa shape index (κ3) is 5.55. The van der Waals surface area contributed by atoms with Gasteiger partial charge in [-0.2, -0.15) is 0 Å². The monoisotopic (exact) mass is 566 g/mol. The lowest BCUT2D eigenvalue weighted by molar-refractivity contribution is -0.450. The van der Waals surface area contributed by atoms with Crippen molar-refractivity contribution in [1.82, 2.24) is 15.6 Å². The van der Waals surface area contributed by atoms with Crippen LogP contribution in [0.5, 0.6) is 0 Å². The fourth-order valence-corrected chi connectivity index (χ4v) is 6.52. The number of aromatic nitrogens is 1. The minimum atomic E-state index is -2.05. The summed E-state index contributed by atoms with van der Waals surface area (Å²) in [5.41, 5.74) is 1.04. The molecule has 1 saturated carbocycles. The lowest BCUT2D eigenvalue weighted by Crippen LogP contribution is -2.77. The van der Waals surface area contributed by atoms with Gasteiger partial charge in [0, 0.05) is 17.0 Å². The zero-order chi connectivity index (χ0) is 27.9. The van der Waals surface area contributed by atoms with E-state index in [1.807, 2.05) is 6.92 Å². The van der Waals surface area contributed by atoms with Gasteiger partial charge in [0.2, 0.25) is 18.0 Å². The molecule has 13 heteroatoms. The highest BCUT2D eigenvalue weighted by Gasteiger charge is 2.63. The third-order valence-electron chi connectivity index (χ3n) is 7.74. The highest BCUT2D eigenvalue weighted by atomic mass is 32.1. The van der Waals surface area contributed by atoms with Crippen LogP contribution in [0.1, 0.15) is 32.4 Å². The number of thiazole rings is 1. The van der Waals surface area contributed by atoms with Crippen molar-refractivity contribution in [1.29, 1.82) is 0 Å². The number of hydrogen-bond donors (Lipinski definition) is 6. The minimum Gasteiger partial charge on any atom is -0.391 e. The van der Waals surface area contributed by atoms with Crippen molar-refractivity contribution in [3.8, 4) is 0 Å². The van der Waals surface area contributed by atoms with Gasteiger partial charge in [-0.05, 0) is 45.0 Å². The number of likely N-dealkylation sites (N-methyl/N-ethyl adjacent to an activating group) is 1. The Labute approximate surface area is 229 Å². The third-order valence-corrected chi connectivity index (χ3v) is 8.54. The lowest BCUT2D eigenvalue weighted by Gasteiger charge is -2.58. The molecule has 11 nitrogen and oxygen atoms in total. The summed E-state index contributed by atoms with van der Waals surface area (Å²) in [4.78, 5) is 17.5. The highest BCUT2D eigenvalue weighted by Crippen LogP contribution is 2.43. The minimum absolute atomic E-state index is 0.0600. The molecule has 1 aromatic carbocycles. The van der Waals surface area contributed by atoms with Crippen LogP contribution in [0.4, 0.5) is 15.2 Å². The largest absolute Gasteiger partial charge is 0.391 e. The number of nitrogens with one attached hydrogen (secondary N) is 3. The molecule has 214 valence electrons. The molecule has 0 bridgehead atoms. The van der Waals surface area contributed by atoms with Gasteiger partial charge in [-0.15, -0.1) is 11.3 Å². The number of carbonyl (C=O) groups excluding carboxylic acids is 1. The van der Waals surface area contributed by atoms with Crippen LogP contribution in [0.3, 0.4) is 0 Å². The van der Waals surface area contributed by atoms with Gasteiger partial charge in [0.25, 0.3) is 0 Å². The second-order valence-electron chi connectivity index (χ2n) is 10.4. The van der Waals surface area contributed by atoms with Crippen molar-refractivity contribution >= 4 is 28.1 Å². The Morgan fingerprint density at radius 2 is 2.05 bits per heavy atom. The predicted octanol–water partition coefficient (Wildman–Crippen LogP) is 1.01. The first-order valence-electron chi connectivity index (χ1n) is 13.1. The predicted molar refractivity (Wildman–Crippen MR) is 140 cm³/mol. The lowest BCUT2D eigenvalue weighted by atomic mass is 9.74. The van der Waals surface area contributed by atoms with Gasteiger partial charge in [-0.1, -0.05) is 13.0 Å². The number of hydrogen-bond acceptors (Lipinski definition) is 11. The number of carbonyl (C=O) groups is 1. The molecule has 1 aromatic heterocycles. The summed E-state index contributed by atoms with van der Waals surface area (Å²) in [6.45, 7) is 3.67. The second kappa shape index (κ2) is 11.3. The van der Waals surface area contributed by atoms with Gasteiger partial charge in [-0.3, -0.25) is 4.79 Å². The number of nitrogens with zero attached hydrogens (tertiary/aromatic N) is 1. The molecule has 6 N–H and O–H groups in total.